The minimum absolute atomic E-state index is 0.178. The third-order valence-electron chi connectivity index (χ3n) is 5.21. The molecule has 1 aliphatic rings. The lowest BCUT2D eigenvalue weighted by Gasteiger charge is -2.16. The Morgan fingerprint density at radius 2 is 1.93 bits per heavy atom. The molecule has 0 radical (unpaired) electrons. The zero-order valence-electron chi connectivity index (χ0n) is 14.9. The molecule has 1 aromatic heterocycles. The summed E-state index contributed by atoms with van der Waals surface area (Å²) in [4.78, 5) is 29.5. The fourth-order valence-corrected chi connectivity index (χ4v) is 3.79. The van der Waals surface area contributed by atoms with Crippen molar-refractivity contribution in [3.63, 3.8) is 0 Å². The van der Waals surface area contributed by atoms with Gasteiger partial charge in [-0.25, -0.2) is 0 Å². The highest BCUT2D eigenvalue weighted by Crippen LogP contribution is 2.35. The second-order valence-corrected chi connectivity index (χ2v) is 6.81. The molecule has 1 amide bonds. The SMILES string of the molecule is COc1cccc([C@@H]2CN(C(=O)c3cc4ccccc4[nH]3)C[C@H]2C(=O)O)c1. The fourth-order valence-electron chi connectivity index (χ4n) is 3.79. The van der Waals surface area contributed by atoms with Crippen LogP contribution in [0.4, 0.5) is 0 Å². The average Bonchev–Trinajstić information content (AvgIpc) is 3.32. The Morgan fingerprint density at radius 1 is 1.11 bits per heavy atom. The number of aromatic nitrogens is 1. The Labute approximate surface area is 156 Å². The van der Waals surface area contributed by atoms with E-state index in [1.165, 1.54) is 0 Å². The predicted octanol–water partition coefficient (Wildman–Crippen LogP) is 3.12. The lowest BCUT2D eigenvalue weighted by molar-refractivity contribution is -0.141. The molecule has 6 heteroatoms. The zero-order chi connectivity index (χ0) is 19.0. The summed E-state index contributed by atoms with van der Waals surface area (Å²) in [5.74, 6) is -1.31. The molecule has 2 aromatic carbocycles. The van der Waals surface area contributed by atoms with E-state index in [0.717, 1.165) is 16.5 Å². The third kappa shape index (κ3) is 3.14. The number of aliphatic carboxylic acids is 1. The van der Waals surface area contributed by atoms with E-state index in [-0.39, 0.29) is 18.4 Å². The van der Waals surface area contributed by atoms with Gasteiger partial charge in [0.05, 0.1) is 13.0 Å². The molecule has 2 atom stereocenters. The van der Waals surface area contributed by atoms with Crippen molar-refractivity contribution >= 4 is 22.8 Å². The van der Waals surface area contributed by atoms with E-state index in [4.69, 9.17) is 4.74 Å². The van der Waals surface area contributed by atoms with Crippen molar-refractivity contribution in [2.24, 2.45) is 5.92 Å². The Bertz CT molecular complexity index is 977. The molecule has 0 bridgehead atoms. The minimum atomic E-state index is -0.894. The van der Waals surface area contributed by atoms with Crippen LogP contribution in [0.3, 0.4) is 0 Å². The van der Waals surface area contributed by atoms with Crippen LogP contribution in [-0.2, 0) is 4.79 Å². The average molecular weight is 364 g/mol. The Kier molecular flexibility index (Phi) is 4.32. The molecule has 3 aromatic rings. The van der Waals surface area contributed by atoms with Gasteiger partial charge in [-0.2, -0.15) is 0 Å². The summed E-state index contributed by atoms with van der Waals surface area (Å²) < 4.78 is 5.25. The van der Waals surface area contributed by atoms with Crippen molar-refractivity contribution in [1.82, 2.24) is 9.88 Å². The molecular weight excluding hydrogens is 344 g/mol. The van der Waals surface area contributed by atoms with Gasteiger partial charge in [-0.05, 0) is 29.8 Å². The lowest BCUT2D eigenvalue weighted by Crippen LogP contribution is -2.30. The van der Waals surface area contributed by atoms with Crippen LogP contribution in [0, 0.1) is 5.92 Å². The number of ether oxygens (including phenoxy) is 1. The van der Waals surface area contributed by atoms with Crippen molar-refractivity contribution in [3.8, 4) is 5.75 Å². The highest BCUT2D eigenvalue weighted by Gasteiger charge is 2.41. The van der Waals surface area contributed by atoms with Gasteiger partial charge in [0.2, 0.25) is 0 Å². The summed E-state index contributed by atoms with van der Waals surface area (Å²) in [6.45, 7) is 0.545. The second kappa shape index (κ2) is 6.79. The first-order chi connectivity index (χ1) is 13.1. The van der Waals surface area contributed by atoms with Crippen LogP contribution in [-0.4, -0.2) is 47.1 Å². The van der Waals surface area contributed by atoms with E-state index < -0.39 is 11.9 Å². The monoisotopic (exact) mass is 364 g/mol. The highest BCUT2D eigenvalue weighted by molar-refractivity contribution is 5.98. The van der Waals surface area contributed by atoms with Gasteiger partial charge in [-0.15, -0.1) is 0 Å². The number of nitrogens with one attached hydrogen (secondary N) is 1. The number of amides is 1. The number of fused-ring (bicyclic) bond motifs is 1. The van der Waals surface area contributed by atoms with Crippen LogP contribution in [0.15, 0.2) is 54.6 Å². The molecule has 0 unspecified atom stereocenters. The summed E-state index contributed by atoms with van der Waals surface area (Å²) in [7, 11) is 1.58. The summed E-state index contributed by atoms with van der Waals surface area (Å²) in [5.41, 5.74) is 2.24. The van der Waals surface area contributed by atoms with Gasteiger partial charge in [-0.1, -0.05) is 30.3 Å². The predicted molar refractivity (Wildman–Crippen MR) is 101 cm³/mol. The number of para-hydroxylation sites is 1. The van der Waals surface area contributed by atoms with Crippen molar-refractivity contribution in [2.45, 2.75) is 5.92 Å². The van der Waals surface area contributed by atoms with Crippen molar-refractivity contribution in [3.05, 3.63) is 65.9 Å². The summed E-state index contributed by atoms with van der Waals surface area (Å²) >= 11 is 0. The van der Waals surface area contributed by atoms with Gasteiger partial charge in [0.15, 0.2) is 0 Å². The van der Waals surface area contributed by atoms with Gasteiger partial charge < -0.3 is 19.7 Å². The Balaban J connectivity index is 1.62. The van der Waals surface area contributed by atoms with E-state index in [0.29, 0.717) is 18.0 Å². The molecule has 6 nitrogen and oxygen atoms in total. The Morgan fingerprint density at radius 3 is 2.67 bits per heavy atom. The molecule has 1 saturated heterocycles. The van der Waals surface area contributed by atoms with Crippen LogP contribution in [0.5, 0.6) is 5.75 Å². The standard InChI is InChI=1S/C21H20N2O4/c1-27-15-7-4-6-13(9-15)16-11-23(12-17(16)21(25)26)20(24)19-10-14-5-2-3-8-18(14)22-19/h2-10,16-17,22H,11-12H2,1H3,(H,25,26)/t16-,17+/m0/s1. The van der Waals surface area contributed by atoms with Gasteiger partial charge in [0.1, 0.15) is 11.4 Å². The number of carboxylic acid groups (broad SMARTS) is 1. The number of H-pyrrole nitrogens is 1. The maximum absolute atomic E-state index is 13.0. The van der Waals surface area contributed by atoms with E-state index in [9.17, 15) is 14.7 Å². The Hall–Kier alpha value is -3.28. The molecule has 138 valence electrons. The number of hydrogen-bond acceptors (Lipinski definition) is 3. The van der Waals surface area contributed by atoms with Crippen LogP contribution in [0.25, 0.3) is 10.9 Å². The maximum atomic E-state index is 13.0. The van der Waals surface area contributed by atoms with Crippen LogP contribution < -0.4 is 4.74 Å². The zero-order valence-corrected chi connectivity index (χ0v) is 14.9. The first kappa shape index (κ1) is 17.1. The molecule has 2 heterocycles. The molecule has 27 heavy (non-hydrogen) atoms. The van der Waals surface area contributed by atoms with Crippen LogP contribution >= 0.6 is 0 Å². The number of methoxy groups -OCH3 is 1. The van der Waals surface area contributed by atoms with E-state index in [1.807, 2.05) is 54.6 Å². The first-order valence-electron chi connectivity index (χ1n) is 8.80. The quantitative estimate of drug-likeness (QED) is 0.745. The number of carbonyl (C=O) groups is 2. The molecular formula is C21H20N2O4. The van der Waals surface area contributed by atoms with E-state index in [1.54, 1.807) is 12.0 Å². The maximum Gasteiger partial charge on any atom is 0.308 e. The molecule has 1 fully saturated rings. The smallest absolute Gasteiger partial charge is 0.308 e. The second-order valence-electron chi connectivity index (χ2n) is 6.81. The number of likely N-dealkylation sites (tertiary alicyclic amines) is 1. The number of nitrogens with zero attached hydrogens (tertiary/aromatic N) is 1. The lowest BCUT2D eigenvalue weighted by atomic mass is 9.89. The molecule has 0 aliphatic carbocycles. The normalized spacial score (nSPS) is 19.4. The fraction of sp³-hybridized carbons (Fsp3) is 0.238. The number of hydrogen-bond donors (Lipinski definition) is 2. The first-order valence-corrected chi connectivity index (χ1v) is 8.80. The van der Waals surface area contributed by atoms with Crippen LogP contribution in [0.1, 0.15) is 22.0 Å². The highest BCUT2D eigenvalue weighted by atomic mass is 16.5. The minimum Gasteiger partial charge on any atom is -0.497 e. The molecule has 0 spiro atoms. The van der Waals surface area contributed by atoms with E-state index in [2.05, 4.69) is 4.98 Å². The molecule has 4 rings (SSSR count). The van der Waals surface area contributed by atoms with Crippen LogP contribution in [0.2, 0.25) is 0 Å². The molecule has 2 N–H and O–H groups in total. The summed E-state index contributed by atoms with van der Waals surface area (Å²) in [5, 5.41) is 10.6. The van der Waals surface area contributed by atoms with Gasteiger partial charge >= 0.3 is 5.97 Å². The van der Waals surface area contributed by atoms with Crippen molar-refractivity contribution in [2.75, 3.05) is 20.2 Å². The number of carbonyl (C=O) groups excluding carboxylic acids is 1. The topological polar surface area (TPSA) is 82.6 Å². The third-order valence-corrected chi connectivity index (χ3v) is 5.21. The molecule has 0 saturated carbocycles. The van der Waals surface area contributed by atoms with Crippen molar-refractivity contribution in [1.29, 1.82) is 0 Å². The number of rotatable bonds is 4. The van der Waals surface area contributed by atoms with Crippen molar-refractivity contribution < 1.29 is 19.4 Å². The van der Waals surface area contributed by atoms with Gasteiger partial charge in [0.25, 0.3) is 5.91 Å². The number of aromatic amines is 1. The number of benzene rings is 2. The van der Waals surface area contributed by atoms with Gasteiger partial charge in [-0.3, -0.25) is 9.59 Å². The van der Waals surface area contributed by atoms with Gasteiger partial charge in [0, 0.05) is 29.9 Å². The molecule has 1 aliphatic heterocycles. The number of carboxylic acids is 1. The van der Waals surface area contributed by atoms with E-state index >= 15 is 0 Å². The summed E-state index contributed by atoms with van der Waals surface area (Å²) in [6, 6.07) is 16.9. The largest absolute Gasteiger partial charge is 0.497 e. The summed E-state index contributed by atoms with van der Waals surface area (Å²) in [6.07, 6.45) is 0.